The number of ether oxygens (including phenoxy) is 2. The van der Waals surface area contributed by atoms with Gasteiger partial charge >= 0.3 is 0 Å². The Labute approximate surface area is 61.5 Å². The highest BCUT2D eigenvalue weighted by atomic mass is 16.6. The van der Waals surface area contributed by atoms with Crippen LogP contribution in [0.2, 0.25) is 0 Å². The van der Waals surface area contributed by atoms with Crippen LogP contribution in [0.15, 0.2) is 0 Å². The summed E-state index contributed by atoms with van der Waals surface area (Å²) in [7, 11) is 0. The lowest BCUT2D eigenvalue weighted by molar-refractivity contribution is -0.0602. The van der Waals surface area contributed by atoms with E-state index in [9.17, 15) is 0 Å². The maximum atomic E-state index is 5.58. The molecule has 2 atom stereocenters. The van der Waals surface area contributed by atoms with Gasteiger partial charge in [0.15, 0.2) is 0 Å². The lowest BCUT2D eigenvalue weighted by atomic mass is 9.93. The summed E-state index contributed by atoms with van der Waals surface area (Å²) in [5.74, 6) is 0. The topological polar surface area (TPSA) is 21.8 Å². The molecule has 0 aromatic heterocycles. The molecular formula is C8H14O2. The normalized spacial score (nSPS) is 53.4. The van der Waals surface area contributed by atoms with Crippen molar-refractivity contribution in [2.24, 2.45) is 0 Å². The van der Waals surface area contributed by atoms with E-state index in [-0.39, 0.29) is 5.60 Å². The van der Waals surface area contributed by atoms with Crippen LogP contribution < -0.4 is 0 Å². The molecule has 0 bridgehead atoms. The van der Waals surface area contributed by atoms with E-state index in [4.69, 9.17) is 9.47 Å². The Kier molecular flexibility index (Phi) is 1.29. The number of epoxide rings is 1. The van der Waals surface area contributed by atoms with Gasteiger partial charge in [-0.1, -0.05) is 0 Å². The minimum absolute atomic E-state index is 0.247. The molecule has 58 valence electrons. The van der Waals surface area contributed by atoms with E-state index in [2.05, 4.69) is 13.8 Å². The first-order valence-corrected chi connectivity index (χ1v) is 4.00. The van der Waals surface area contributed by atoms with E-state index >= 15 is 0 Å². The highest BCUT2D eigenvalue weighted by Gasteiger charge is 2.49. The molecule has 2 fully saturated rings. The summed E-state index contributed by atoms with van der Waals surface area (Å²) in [5, 5.41) is 0. The summed E-state index contributed by atoms with van der Waals surface area (Å²) in [5.41, 5.74) is 0.247. The zero-order chi connectivity index (χ0) is 7.19. The highest BCUT2D eigenvalue weighted by molar-refractivity contribution is 4.97. The van der Waals surface area contributed by atoms with Gasteiger partial charge in [0.25, 0.3) is 0 Å². The summed E-state index contributed by atoms with van der Waals surface area (Å²) in [6.45, 7) is 5.21. The second kappa shape index (κ2) is 1.95. The third kappa shape index (κ3) is 1.06. The van der Waals surface area contributed by atoms with Crippen molar-refractivity contribution < 1.29 is 9.47 Å². The minimum atomic E-state index is 0.247. The molecule has 0 amide bonds. The molecule has 2 saturated heterocycles. The van der Waals surface area contributed by atoms with Crippen LogP contribution in [0.25, 0.3) is 0 Å². The van der Waals surface area contributed by atoms with Gasteiger partial charge in [0.05, 0.1) is 24.4 Å². The number of rotatable bonds is 0. The lowest BCUT2D eigenvalue weighted by Crippen LogP contribution is -2.34. The molecule has 1 spiro atoms. The summed E-state index contributed by atoms with van der Waals surface area (Å²) in [6.07, 6.45) is 2.98. The van der Waals surface area contributed by atoms with Crippen LogP contribution in [-0.2, 0) is 9.47 Å². The van der Waals surface area contributed by atoms with Crippen LogP contribution >= 0.6 is 0 Å². The third-order valence-corrected chi connectivity index (χ3v) is 2.34. The van der Waals surface area contributed by atoms with Crippen LogP contribution in [0.1, 0.15) is 26.7 Å². The van der Waals surface area contributed by atoms with Gasteiger partial charge < -0.3 is 9.47 Å². The summed E-state index contributed by atoms with van der Waals surface area (Å²) in [4.78, 5) is 0. The average Bonchev–Trinajstić information content (AvgIpc) is 2.44. The Balaban J connectivity index is 2.00. The molecule has 10 heavy (non-hydrogen) atoms. The fourth-order valence-electron chi connectivity index (χ4n) is 1.96. The summed E-state index contributed by atoms with van der Waals surface area (Å²) in [6, 6.07) is 0. The van der Waals surface area contributed by atoms with Crippen LogP contribution in [0.5, 0.6) is 0 Å². The maximum absolute atomic E-state index is 5.58. The molecule has 0 N–H and O–H groups in total. The fourth-order valence-corrected chi connectivity index (χ4v) is 1.96. The smallest absolute Gasteiger partial charge is 0.0965 e. The van der Waals surface area contributed by atoms with Gasteiger partial charge in [-0.05, 0) is 13.8 Å². The van der Waals surface area contributed by atoms with Crippen molar-refractivity contribution in [1.29, 1.82) is 0 Å². The standard InChI is InChI=1S/C8H14O2/c1-6-3-8(5-9-8)4-7(2)10-6/h6-7H,3-5H2,1-2H3. The molecule has 2 rings (SSSR count). The van der Waals surface area contributed by atoms with E-state index in [0.29, 0.717) is 12.2 Å². The second-order valence-corrected chi connectivity index (χ2v) is 3.64. The predicted octanol–water partition coefficient (Wildman–Crippen LogP) is 1.34. The number of hydrogen-bond acceptors (Lipinski definition) is 2. The van der Waals surface area contributed by atoms with Gasteiger partial charge in [-0.15, -0.1) is 0 Å². The second-order valence-electron chi connectivity index (χ2n) is 3.64. The SMILES string of the molecule is CC1CC2(CO2)CC(C)O1. The Bertz CT molecular complexity index is 128. The van der Waals surface area contributed by atoms with E-state index in [0.717, 1.165) is 19.4 Å². The Morgan fingerprint density at radius 3 is 2.10 bits per heavy atom. The predicted molar refractivity (Wildman–Crippen MR) is 37.9 cm³/mol. The van der Waals surface area contributed by atoms with E-state index < -0.39 is 0 Å². The summed E-state index contributed by atoms with van der Waals surface area (Å²) < 4.78 is 11.0. The molecule has 0 aromatic carbocycles. The van der Waals surface area contributed by atoms with Gasteiger partial charge in [0.1, 0.15) is 0 Å². The molecule has 2 aliphatic rings. The quantitative estimate of drug-likeness (QED) is 0.476. The minimum Gasteiger partial charge on any atom is -0.375 e. The maximum Gasteiger partial charge on any atom is 0.0965 e. The van der Waals surface area contributed by atoms with Crippen molar-refractivity contribution in [2.75, 3.05) is 6.61 Å². The van der Waals surface area contributed by atoms with E-state index in [1.54, 1.807) is 0 Å². The molecule has 2 aliphatic heterocycles. The zero-order valence-electron chi connectivity index (χ0n) is 6.59. The molecular weight excluding hydrogens is 128 g/mol. The Morgan fingerprint density at radius 1 is 1.20 bits per heavy atom. The van der Waals surface area contributed by atoms with Crippen molar-refractivity contribution in [3.63, 3.8) is 0 Å². The first kappa shape index (κ1) is 6.62. The molecule has 0 radical (unpaired) electrons. The van der Waals surface area contributed by atoms with Crippen molar-refractivity contribution >= 4 is 0 Å². The molecule has 2 unspecified atom stereocenters. The Hall–Kier alpha value is -0.0800. The highest BCUT2D eigenvalue weighted by Crippen LogP contribution is 2.41. The van der Waals surface area contributed by atoms with E-state index in [1.807, 2.05) is 0 Å². The van der Waals surface area contributed by atoms with Gasteiger partial charge in [0.2, 0.25) is 0 Å². The lowest BCUT2D eigenvalue weighted by Gasteiger charge is -2.29. The van der Waals surface area contributed by atoms with Crippen molar-refractivity contribution in [2.45, 2.75) is 44.5 Å². The molecule has 2 heteroatoms. The van der Waals surface area contributed by atoms with Crippen LogP contribution in [0, 0.1) is 0 Å². The van der Waals surface area contributed by atoms with Gasteiger partial charge in [-0.2, -0.15) is 0 Å². The molecule has 2 heterocycles. The third-order valence-electron chi connectivity index (χ3n) is 2.34. The zero-order valence-corrected chi connectivity index (χ0v) is 6.59. The van der Waals surface area contributed by atoms with Crippen molar-refractivity contribution in [3.8, 4) is 0 Å². The first-order chi connectivity index (χ1) is 4.70. The van der Waals surface area contributed by atoms with Crippen molar-refractivity contribution in [3.05, 3.63) is 0 Å². The Morgan fingerprint density at radius 2 is 1.70 bits per heavy atom. The van der Waals surface area contributed by atoms with Gasteiger partial charge in [-0.25, -0.2) is 0 Å². The summed E-state index contributed by atoms with van der Waals surface area (Å²) >= 11 is 0. The largest absolute Gasteiger partial charge is 0.375 e. The van der Waals surface area contributed by atoms with Gasteiger partial charge in [-0.3, -0.25) is 0 Å². The van der Waals surface area contributed by atoms with Crippen LogP contribution in [-0.4, -0.2) is 24.4 Å². The first-order valence-electron chi connectivity index (χ1n) is 4.00. The average molecular weight is 142 g/mol. The van der Waals surface area contributed by atoms with Crippen molar-refractivity contribution in [1.82, 2.24) is 0 Å². The molecule has 0 aromatic rings. The monoisotopic (exact) mass is 142 g/mol. The fraction of sp³-hybridized carbons (Fsp3) is 1.00. The molecule has 0 saturated carbocycles. The van der Waals surface area contributed by atoms with Crippen LogP contribution in [0.3, 0.4) is 0 Å². The van der Waals surface area contributed by atoms with E-state index in [1.165, 1.54) is 0 Å². The molecule has 0 aliphatic carbocycles. The van der Waals surface area contributed by atoms with Crippen LogP contribution in [0.4, 0.5) is 0 Å². The van der Waals surface area contributed by atoms with Gasteiger partial charge in [0, 0.05) is 12.8 Å². The number of hydrogen-bond donors (Lipinski definition) is 0. The molecule has 2 nitrogen and oxygen atoms in total.